The molecule has 0 atom stereocenters. The fourth-order valence-corrected chi connectivity index (χ4v) is 2.19. The van der Waals surface area contributed by atoms with E-state index >= 15 is 0 Å². The van der Waals surface area contributed by atoms with Crippen LogP contribution in [0.1, 0.15) is 26.7 Å². The fraction of sp³-hybridized carbons (Fsp3) is 0.538. The van der Waals surface area contributed by atoms with Crippen molar-refractivity contribution < 1.29 is 5.11 Å². The second-order valence-corrected chi connectivity index (χ2v) is 5.21. The third-order valence-electron chi connectivity index (χ3n) is 3.34. The van der Waals surface area contributed by atoms with Crippen LogP contribution >= 0.6 is 15.9 Å². The van der Waals surface area contributed by atoms with Gasteiger partial charge in [0, 0.05) is 0 Å². The monoisotopic (exact) mass is 329 g/mol. The van der Waals surface area contributed by atoms with Crippen LogP contribution in [-0.2, 0) is 6.54 Å². The summed E-state index contributed by atoms with van der Waals surface area (Å²) in [6, 6.07) is 0. The van der Waals surface area contributed by atoms with Gasteiger partial charge >= 0.3 is 0 Å². The Balaban J connectivity index is 3.13. The van der Waals surface area contributed by atoms with Crippen LogP contribution in [0.15, 0.2) is 28.1 Å². The summed E-state index contributed by atoms with van der Waals surface area (Å²) < 4.78 is 1.74. The van der Waals surface area contributed by atoms with Crippen molar-refractivity contribution >= 4 is 21.6 Å². The van der Waals surface area contributed by atoms with Crippen molar-refractivity contribution in [3.8, 4) is 0 Å². The Morgan fingerprint density at radius 1 is 1.58 bits per heavy atom. The number of hydrogen-bond acceptors (Lipinski definition) is 4. The number of rotatable bonds is 7. The lowest BCUT2D eigenvalue weighted by atomic mass is 9.93. The molecule has 0 saturated carbocycles. The summed E-state index contributed by atoms with van der Waals surface area (Å²) in [4.78, 5) is 12.0. The highest BCUT2D eigenvalue weighted by molar-refractivity contribution is 9.10. The highest BCUT2D eigenvalue weighted by Gasteiger charge is 2.26. The van der Waals surface area contributed by atoms with Gasteiger partial charge in [0.1, 0.15) is 4.47 Å². The molecular formula is C13H20BrN3O2. The van der Waals surface area contributed by atoms with Gasteiger partial charge in [-0.15, -0.1) is 6.58 Å². The summed E-state index contributed by atoms with van der Waals surface area (Å²) in [5.74, 6) is 0. The Bertz CT molecular complexity index is 487. The molecule has 5 nitrogen and oxygen atoms in total. The summed E-state index contributed by atoms with van der Waals surface area (Å²) >= 11 is 3.29. The van der Waals surface area contributed by atoms with E-state index in [1.807, 2.05) is 13.8 Å². The average Bonchev–Trinajstić information content (AvgIpc) is 2.44. The molecule has 0 amide bonds. The molecule has 0 aliphatic rings. The quantitative estimate of drug-likeness (QED) is 0.752. The SMILES string of the molecule is C=CCn1ncc(NC(CC)(CC)CO)c(Br)c1=O. The number of aromatic nitrogens is 2. The number of nitrogens with zero attached hydrogens (tertiary/aromatic N) is 2. The molecule has 0 saturated heterocycles. The van der Waals surface area contributed by atoms with E-state index in [-0.39, 0.29) is 12.2 Å². The van der Waals surface area contributed by atoms with Crippen molar-refractivity contribution in [1.82, 2.24) is 9.78 Å². The van der Waals surface area contributed by atoms with Gasteiger partial charge < -0.3 is 10.4 Å². The number of aliphatic hydroxyl groups is 1. The Kier molecular flexibility index (Phi) is 5.75. The number of hydrogen-bond donors (Lipinski definition) is 2. The zero-order valence-corrected chi connectivity index (χ0v) is 12.9. The molecule has 106 valence electrons. The summed E-state index contributed by atoms with van der Waals surface area (Å²) in [7, 11) is 0. The van der Waals surface area contributed by atoms with Crippen LogP contribution in [-0.4, -0.2) is 27.0 Å². The molecule has 0 spiro atoms. The highest BCUT2D eigenvalue weighted by atomic mass is 79.9. The molecule has 1 heterocycles. The molecule has 1 rings (SSSR count). The van der Waals surface area contributed by atoms with Crippen molar-refractivity contribution in [2.45, 2.75) is 38.8 Å². The van der Waals surface area contributed by atoms with Crippen LogP contribution < -0.4 is 10.9 Å². The van der Waals surface area contributed by atoms with Gasteiger partial charge in [-0.3, -0.25) is 4.79 Å². The molecule has 1 aromatic heterocycles. The molecule has 2 N–H and O–H groups in total. The van der Waals surface area contributed by atoms with Crippen molar-refractivity contribution in [2.24, 2.45) is 0 Å². The second-order valence-electron chi connectivity index (χ2n) is 4.42. The van der Waals surface area contributed by atoms with Gasteiger partial charge in [-0.1, -0.05) is 19.9 Å². The van der Waals surface area contributed by atoms with Gasteiger partial charge in [-0.25, -0.2) is 4.68 Å². The van der Waals surface area contributed by atoms with Gasteiger partial charge in [0.15, 0.2) is 0 Å². The van der Waals surface area contributed by atoms with E-state index in [9.17, 15) is 9.90 Å². The largest absolute Gasteiger partial charge is 0.394 e. The van der Waals surface area contributed by atoms with E-state index in [1.165, 1.54) is 4.68 Å². The number of aliphatic hydroxyl groups excluding tert-OH is 1. The fourth-order valence-electron chi connectivity index (χ4n) is 1.78. The maximum atomic E-state index is 12.0. The van der Waals surface area contributed by atoms with Gasteiger partial charge in [0.25, 0.3) is 5.56 Å². The standard InChI is InChI=1S/C13H20BrN3O2/c1-4-7-17-12(19)11(14)10(8-15-17)16-13(5-2,6-3)9-18/h4,8,16,18H,1,5-7,9H2,2-3H3. The van der Waals surface area contributed by atoms with E-state index in [1.54, 1.807) is 12.3 Å². The first kappa shape index (κ1) is 15.9. The summed E-state index contributed by atoms with van der Waals surface area (Å²) in [5.41, 5.74) is -0.0478. The Labute approximate surface area is 121 Å². The van der Waals surface area contributed by atoms with Crippen LogP contribution in [0, 0.1) is 0 Å². The number of allylic oxidation sites excluding steroid dienone is 1. The minimum absolute atomic E-state index is 0.00217. The maximum Gasteiger partial charge on any atom is 0.283 e. The topological polar surface area (TPSA) is 67.2 Å². The van der Waals surface area contributed by atoms with Crippen molar-refractivity contribution in [2.75, 3.05) is 11.9 Å². The third kappa shape index (κ3) is 3.45. The first-order valence-corrected chi connectivity index (χ1v) is 7.08. The molecule has 0 aliphatic heterocycles. The van der Waals surface area contributed by atoms with E-state index in [2.05, 4.69) is 32.9 Å². The van der Waals surface area contributed by atoms with Crippen LogP contribution in [0.5, 0.6) is 0 Å². The molecule has 0 aromatic carbocycles. The van der Waals surface area contributed by atoms with Crippen LogP contribution in [0.25, 0.3) is 0 Å². The zero-order chi connectivity index (χ0) is 14.5. The van der Waals surface area contributed by atoms with Gasteiger partial charge in [0.2, 0.25) is 0 Å². The average molecular weight is 330 g/mol. The molecule has 0 bridgehead atoms. The normalized spacial score (nSPS) is 11.4. The molecule has 0 fully saturated rings. The van der Waals surface area contributed by atoms with E-state index < -0.39 is 5.54 Å². The van der Waals surface area contributed by atoms with Crippen molar-refractivity contribution in [1.29, 1.82) is 0 Å². The molecule has 19 heavy (non-hydrogen) atoms. The molecule has 0 radical (unpaired) electrons. The van der Waals surface area contributed by atoms with Crippen molar-refractivity contribution in [3.05, 3.63) is 33.7 Å². The predicted octanol–water partition coefficient (Wildman–Crippen LogP) is 2.15. The zero-order valence-electron chi connectivity index (χ0n) is 11.3. The van der Waals surface area contributed by atoms with Crippen LogP contribution in [0.2, 0.25) is 0 Å². The lowest BCUT2D eigenvalue weighted by Crippen LogP contribution is -2.41. The second kappa shape index (κ2) is 6.86. The summed E-state index contributed by atoms with van der Waals surface area (Å²) in [6.45, 7) is 7.94. The number of halogens is 1. The van der Waals surface area contributed by atoms with Crippen LogP contribution in [0.4, 0.5) is 5.69 Å². The molecule has 1 aromatic rings. The van der Waals surface area contributed by atoms with E-state index in [4.69, 9.17) is 0 Å². The Morgan fingerprint density at radius 3 is 2.68 bits per heavy atom. The molecule has 6 heteroatoms. The molecular weight excluding hydrogens is 310 g/mol. The molecule has 0 aliphatic carbocycles. The third-order valence-corrected chi connectivity index (χ3v) is 4.11. The van der Waals surface area contributed by atoms with Gasteiger partial charge in [-0.2, -0.15) is 5.10 Å². The summed E-state index contributed by atoms with van der Waals surface area (Å²) in [5, 5.41) is 16.8. The van der Waals surface area contributed by atoms with E-state index in [0.29, 0.717) is 16.7 Å². The first-order chi connectivity index (χ1) is 9.03. The first-order valence-electron chi connectivity index (χ1n) is 6.29. The molecule has 0 unspecified atom stereocenters. The van der Waals surface area contributed by atoms with Gasteiger partial charge in [-0.05, 0) is 28.8 Å². The lowest BCUT2D eigenvalue weighted by molar-refractivity contribution is 0.202. The smallest absolute Gasteiger partial charge is 0.283 e. The van der Waals surface area contributed by atoms with Crippen LogP contribution in [0.3, 0.4) is 0 Å². The lowest BCUT2D eigenvalue weighted by Gasteiger charge is -2.32. The minimum Gasteiger partial charge on any atom is -0.394 e. The minimum atomic E-state index is -0.429. The number of anilines is 1. The number of nitrogens with one attached hydrogen (secondary N) is 1. The Hall–Kier alpha value is -1.14. The Morgan fingerprint density at radius 2 is 2.21 bits per heavy atom. The maximum absolute atomic E-state index is 12.0. The van der Waals surface area contributed by atoms with Crippen molar-refractivity contribution in [3.63, 3.8) is 0 Å². The van der Waals surface area contributed by atoms with E-state index in [0.717, 1.165) is 12.8 Å². The summed E-state index contributed by atoms with van der Waals surface area (Å²) in [6.07, 6.45) is 4.71. The predicted molar refractivity (Wildman–Crippen MR) is 80.4 cm³/mol. The highest BCUT2D eigenvalue weighted by Crippen LogP contribution is 2.25. The van der Waals surface area contributed by atoms with Gasteiger partial charge in [0.05, 0.1) is 30.6 Å².